The average Bonchev–Trinajstić information content (AvgIpc) is 3.83. The summed E-state index contributed by atoms with van der Waals surface area (Å²) in [6.45, 7) is 9.44. The molecule has 2 aliphatic carbocycles. The van der Waals surface area contributed by atoms with Gasteiger partial charge in [-0.25, -0.2) is 0 Å². The molecule has 1 atom stereocenters. The number of hydrogen-bond acceptors (Lipinski definition) is 4. The number of β-amino-alcohol motifs (C(OH)–C–C–N with tert-alkyl or cyclic N) is 1. The number of hydrogen-bond donors (Lipinski definition) is 2. The average molecular weight is 667 g/mol. The van der Waals surface area contributed by atoms with E-state index >= 15 is 0 Å². The van der Waals surface area contributed by atoms with Gasteiger partial charge >= 0.3 is 0 Å². The molecule has 0 spiro atoms. The molecule has 0 heterocycles. The van der Waals surface area contributed by atoms with Crippen LogP contribution in [0.1, 0.15) is 128 Å². The Labute approximate surface area is 294 Å². The van der Waals surface area contributed by atoms with Crippen LogP contribution in [0.4, 0.5) is 0 Å². The standard InChI is InChI=1S/C43H58N2O4/c1-5-43(25-13-14-26-43)44(27-28-46)40(48)38-20-12-11-17-34(38)23-24-37(47)30-35-22-21-32(2)29-39(35)41(49)45(31-33-15-9-10-16-33)42(3,4)36-18-7-6-8-19-36/h6-8,11-12,17-22,29,33,37,46-47H,5,9-10,13-16,23-28,30-31H2,1-4H3. The number of aliphatic hydroxyl groups is 2. The molecule has 6 heteroatoms. The SMILES string of the molecule is CCC1(N(CCO)C(=O)c2ccccc2CCC(O)Cc2ccc(C)cc2C(=O)N(CC2CCCC2)C(C)(C)c2ccccc2)CCCC1. The molecule has 2 aliphatic rings. The normalized spacial score (nSPS) is 16.9. The lowest BCUT2D eigenvalue weighted by Crippen LogP contribution is -2.51. The molecule has 0 aliphatic heterocycles. The summed E-state index contributed by atoms with van der Waals surface area (Å²) in [6, 6.07) is 24.0. The van der Waals surface area contributed by atoms with Gasteiger partial charge in [0.2, 0.25) is 0 Å². The van der Waals surface area contributed by atoms with Crippen LogP contribution in [0.3, 0.4) is 0 Å². The molecule has 2 amide bonds. The van der Waals surface area contributed by atoms with Gasteiger partial charge in [0.15, 0.2) is 0 Å². The van der Waals surface area contributed by atoms with Crippen molar-refractivity contribution in [3.63, 3.8) is 0 Å². The Balaban J connectivity index is 1.35. The van der Waals surface area contributed by atoms with Gasteiger partial charge in [0, 0.05) is 29.8 Å². The first-order chi connectivity index (χ1) is 23.6. The van der Waals surface area contributed by atoms with Crippen LogP contribution in [0.5, 0.6) is 0 Å². The number of aliphatic hydroxyl groups excluding tert-OH is 2. The first-order valence-corrected chi connectivity index (χ1v) is 18.8. The number of carbonyl (C=O) groups is 2. The van der Waals surface area contributed by atoms with Crippen LogP contribution in [0.15, 0.2) is 72.8 Å². The van der Waals surface area contributed by atoms with Crippen LogP contribution in [0.25, 0.3) is 0 Å². The van der Waals surface area contributed by atoms with Gasteiger partial charge in [-0.1, -0.05) is 98.8 Å². The fourth-order valence-electron chi connectivity index (χ4n) is 8.50. The Morgan fingerprint density at radius 1 is 0.878 bits per heavy atom. The van der Waals surface area contributed by atoms with Gasteiger partial charge in [0.25, 0.3) is 11.8 Å². The van der Waals surface area contributed by atoms with Crippen molar-refractivity contribution in [1.29, 1.82) is 0 Å². The largest absolute Gasteiger partial charge is 0.395 e. The van der Waals surface area contributed by atoms with E-state index in [0.29, 0.717) is 49.4 Å². The summed E-state index contributed by atoms with van der Waals surface area (Å²) >= 11 is 0. The van der Waals surface area contributed by atoms with Gasteiger partial charge in [0.05, 0.1) is 18.2 Å². The zero-order chi connectivity index (χ0) is 35.0. The number of benzene rings is 3. The monoisotopic (exact) mass is 666 g/mol. The van der Waals surface area contributed by atoms with Crippen molar-refractivity contribution in [3.8, 4) is 0 Å². The summed E-state index contributed by atoms with van der Waals surface area (Å²) in [5, 5.41) is 21.4. The Morgan fingerprint density at radius 3 is 2.22 bits per heavy atom. The molecule has 2 saturated carbocycles. The lowest BCUT2D eigenvalue weighted by molar-refractivity contribution is 0.0397. The van der Waals surface area contributed by atoms with Gasteiger partial charge in [-0.15, -0.1) is 0 Å². The summed E-state index contributed by atoms with van der Waals surface area (Å²) in [5.41, 5.74) is 4.50. The summed E-state index contributed by atoms with van der Waals surface area (Å²) in [6.07, 6.45) is 10.4. The number of aryl methyl sites for hydroxylation is 2. The molecule has 264 valence electrons. The maximum atomic E-state index is 14.7. The summed E-state index contributed by atoms with van der Waals surface area (Å²) < 4.78 is 0. The molecule has 0 aromatic heterocycles. The minimum Gasteiger partial charge on any atom is -0.395 e. The van der Waals surface area contributed by atoms with Crippen molar-refractivity contribution in [3.05, 3.63) is 106 Å². The molecule has 3 aromatic rings. The van der Waals surface area contributed by atoms with Crippen molar-refractivity contribution in [2.24, 2.45) is 5.92 Å². The van der Waals surface area contributed by atoms with Crippen LogP contribution < -0.4 is 0 Å². The molecule has 3 aromatic carbocycles. The number of rotatable bonds is 15. The Kier molecular flexibility index (Phi) is 12.4. The zero-order valence-electron chi connectivity index (χ0n) is 30.3. The molecule has 0 bridgehead atoms. The van der Waals surface area contributed by atoms with Crippen molar-refractivity contribution < 1.29 is 19.8 Å². The first kappa shape index (κ1) is 36.8. The quantitative estimate of drug-likeness (QED) is 0.171. The highest BCUT2D eigenvalue weighted by atomic mass is 16.3. The molecule has 1 unspecified atom stereocenters. The Hall–Kier alpha value is -3.48. The van der Waals surface area contributed by atoms with Crippen molar-refractivity contribution in [1.82, 2.24) is 9.80 Å². The molecular weight excluding hydrogens is 608 g/mol. The topological polar surface area (TPSA) is 81.1 Å². The third-order valence-corrected chi connectivity index (χ3v) is 11.6. The van der Waals surface area contributed by atoms with E-state index < -0.39 is 11.6 Å². The van der Waals surface area contributed by atoms with Crippen LogP contribution in [0.2, 0.25) is 0 Å². The van der Waals surface area contributed by atoms with Crippen molar-refractivity contribution >= 4 is 11.8 Å². The Morgan fingerprint density at radius 2 is 1.55 bits per heavy atom. The third-order valence-electron chi connectivity index (χ3n) is 11.6. The first-order valence-electron chi connectivity index (χ1n) is 18.8. The minimum atomic E-state index is -0.687. The number of nitrogens with zero attached hydrogens (tertiary/aromatic N) is 2. The van der Waals surface area contributed by atoms with Crippen LogP contribution in [-0.4, -0.2) is 63.2 Å². The molecule has 6 nitrogen and oxygen atoms in total. The third kappa shape index (κ3) is 8.46. The van der Waals surface area contributed by atoms with Crippen LogP contribution >= 0.6 is 0 Å². The highest BCUT2D eigenvalue weighted by Gasteiger charge is 2.41. The van der Waals surface area contributed by atoms with Crippen LogP contribution in [0, 0.1) is 12.8 Å². The maximum Gasteiger partial charge on any atom is 0.254 e. The van der Waals surface area contributed by atoms with Crippen LogP contribution in [-0.2, 0) is 18.4 Å². The van der Waals surface area contributed by atoms with E-state index in [-0.39, 0.29) is 24.0 Å². The predicted molar refractivity (Wildman–Crippen MR) is 198 cm³/mol. The molecule has 2 N–H and O–H groups in total. The summed E-state index contributed by atoms with van der Waals surface area (Å²) in [7, 11) is 0. The van der Waals surface area contributed by atoms with E-state index in [9.17, 15) is 19.8 Å². The van der Waals surface area contributed by atoms with E-state index in [0.717, 1.165) is 67.2 Å². The smallest absolute Gasteiger partial charge is 0.254 e. The van der Waals surface area contributed by atoms with Gasteiger partial charge in [-0.2, -0.15) is 0 Å². The Bertz CT molecular complexity index is 1540. The summed E-state index contributed by atoms with van der Waals surface area (Å²) in [5.74, 6) is 0.476. The van der Waals surface area contributed by atoms with Crippen molar-refractivity contribution in [2.75, 3.05) is 19.7 Å². The van der Waals surface area contributed by atoms with E-state index in [1.807, 2.05) is 72.5 Å². The number of amides is 2. The molecule has 5 rings (SSSR count). The molecular formula is C43H58N2O4. The molecule has 2 fully saturated rings. The second kappa shape index (κ2) is 16.5. The van der Waals surface area contributed by atoms with E-state index in [2.05, 4.69) is 37.8 Å². The molecule has 0 saturated heterocycles. The fraction of sp³-hybridized carbons (Fsp3) is 0.535. The lowest BCUT2D eigenvalue weighted by Gasteiger charge is -2.41. The molecule has 49 heavy (non-hydrogen) atoms. The summed E-state index contributed by atoms with van der Waals surface area (Å²) in [4.78, 5) is 32.7. The van der Waals surface area contributed by atoms with Gasteiger partial charge in [0.1, 0.15) is 0 Å². The van der Waals surface area contributed by atoms with E-state index in [1.54, 1.807) is 0 Å². The highest BCUT2D eigenvalue weighted by molar-refractivity contribution is 5.97. The fourth-order valence-corrected chi connectivity index (χ4v) is 8.50. The number of carbonyl (C=O) groups excluding carboxylic acids is 2. The van der Waals surface area contributed by atoms with Gasteiger partial charge in [-0.05, 0) is 107 Å². The lowest BCUT2D eigenvalue weighted by atomic mass is 9.88. The van der Waals surface area contributed by atoms with E-state index in [4.69, 9.17) is 0 Å². The van der Waals surface area contributed by atoms with Crippen molar-refractivity contribution in [2.45, 2.75) is 122 Å². The predicted octanol–water partition coefficient (Wildman–Crippen LogP) is 8.26. The second-order valence-corrected chi connectivity index (χ2v) is 15.2. The van der Waals surface area contributed by atoms with E-state index in [1.165, 1.54) is 12.8 Å². The maximum absolute atomic E-state index is 14.7. The highest BCUT2D eigenvalue weighted by Crippen LogP contribution is 2.39. The van der Waals surface area contributed by atoms with Gasteiger partial charge < -0.3 is 20.0 Å². The zero-order valence-corrected chi connectivity index (χ0v) is 30.3. The molecule has 0 radical (unpaired) electrons. The minimum absolute atomic E-state index is 0.0170. The second-order valence-electron chi connectivity index (χ2n) is 15.2. The van der Waals surface area contributed by atoms with Gasteiger partial charge in [-0.3, -0.25) is 9.59 Å².